The van der Waals surface area contributed by atoms with Gasteiger partial charge in [0.2, 0.25) is 0 Å². The summed E-state index contributed by atoms with van der Waals surface area (Å²) in [6, 6.07) is 4.38. The largest absolute Gasteiger partial charge is 0.492 e. The maximum absolute atomic E-state index is 12.6. The van der Waals surface area contributed by atoms with Gasteiger partial charge in [0.15, 0.2) is 0 Å². The minimum Gasteiger partial charge on any atom is -0.492 e. The molecule has 0 saturated heterocycles. The molecule has 2 N–H and O–H groups in total. The molecule has 172 valence electrons. The van der Waals surface area contributed by atoms with Gasteiger partial charge in [0.1, 0.15) is 5.75 Å². The van der Waals surface area contributed by atoms with Crippen LogP contribution in [0.3, 0.4) is 0 Å². The van der Waals surface area contributed by atoms with E-state index >= 15 is 0 Å². The van der Waals surface area contributed by atoms with Crippen LogP contribution < -0.4 is 15.4 Å². The topological polar surface area (TPSA) is 76.7 Å². The van der Waals surface area contributed by atoms with Crippen molar-refractivity contribution < 1.29 is 19.1 Å². The van der Waals surface area contributed by atoms with Gasteiger partial charge in [-0.25, -0.2) is 9.59 Å². The smallest absolute Gasteiger partial charge is 0.338 e. The number of allylic oxidation sites excluding steroid dienone is 1. The van der Waals surface area contributed by atoms with E-state index < -0.39 is 12.0 Å². The van der Waals surface area contributed by atoms with E-state index in [9.17, 15) is 9.59 Å². The van der Waals surface area contributed by atoms with Crippen LogP contribution in [-0.4, -0.2) is 25.2 Å². The van der Waals surface area contributed by atoms with Crippen LogP contribution in [0.15, 0.2) is 29.5 Å². The number of halogens is 1. The molecule has 0 saturated carbocycles. The number of unbranched alkanes of at least 4 members (excludes halogenated alkanes) is 6. The molecule has 1 heterocycles. The van der Waals surface area contributed by atoms with Crippen LogP contribution in [0.5, 0.6) is 5.75 Å². The van der Waals surface area contributed by atoms with Gasteiger partial charge in [-0.05, 0) is 37.5 Å². The third-order valence-electron chi connectivity index (χ3n) is 5.30. The first-order chi connectivity index (χ1) is 15.0. The minimum atomic E-state index is -0.627. The molecule has 0 bridgehead atoms. The summed E-state index contributed by atoms with van der Waals surface area (Å²) in [5, 5.41) is 5.97. The second kappa shape index (κ2) is 13.3. The molecule has 1 aromatic carbocycles. The Morgan fingerprint density at radius 3 is 2.42 bits per heavy atom. The van der Waals surface area contributed by atoms with Crippen LogP contribution >= 0.6 is 11.6 Å². The molecule has 2 amide bonds. The van der Waals surface area contributed by atoms with Crippen molar-refractivity contribution in [1.29, 1.82) is 0 Å². The van der Waals surface area contributed by atoms with Gasteiger partial charge in [-0.1, -0.05) is 70.0 Å². The molecule has 0 spiro atoms. The van der Waals surface area contributed by atoms with Gasteiger partial charge in [0, 0.05) is 5.70 Å². The Morgan fingerprint density at radius 1 is 1.06 bits per heavy atom. The van der Waals surface area contributed by atoms with Gasteiger partial charge in [-0.3, -0.25) is 0 Å². The molecule has 0 radical (unpaired) electrons. The average Bonchev–Trinajstić information content (AvgIpc) is 2.75. The van der Waals surface area contributed by atoms with Gasteiger partial charge in [-0.2, -0.15) is 0 Å². The maximum Gasteiger partial charge on any atom is 0.338 e. The summed E-state index contributed by atoms with van der Waals surface area (Å²) < 4.78 is 11.1. The van der Waals surface area contributed by atoms with E-state index in [1.54, 1.807) is 19.1 Å². The lowest BCUT2D eigenvalue weighted by Crippen LogP contribution is -2.45. The van der Waals surface area contributed by atoms with Gasteiger partial charge in [-0.15, -0.1) is 0 Å². The number of carbonyl (C=O) groups is 2. The summed E-state index contributed by atoms with van der Waals surface area (Å²) in [5.74, 6) is 0.154. The first-order valence-corrected chi connectivity index (χ1v) is 11.8. The maximum atomic E-state index is 12.6. The number of urea groups is 1. The Bertz CT molecular complexity index is 779. The molecule has 1 aliphatic heterocycles. The fraction of sp³-hybridized carbons (Fsp3) is 0.583. The van der Waals surface area contributed by atoms with Gasteiger partial charge in [0.25, 0.3) is 0 Å². The van der Waals surface area contributed by atoms with E-state index in [1.807, 2.05) is 13.0 Å². The number of hydrogen-bond donors (Lipinski definition) is 2. The van der Waals surface area contributed by atoms with Crippen LogP contribution in [0, 0.1) is 0 Å². The highest BCUT2D eigenvalue weighted by atomic mass is 35.5. The van der Waals surface area contributed by atoms with Crippen molar-refractivity contribution in [3.8, 4) is 5.75 Å². The van der Waals surface area contributed by atoms with Gasteiger partial charge in [0.05, 0.1) is 29.9 Å². The first-order valence-electron chi connectivity index (χ1n) is 11.4. The molecular formula is C24H35ClN2O4. The molecular weight excluding hydrogens is 416 g/mol. The highest BCUT2D eigenvalue weighted by Gasteiger charge is 2.33. The zero-order valence-electron chi connectivity index (χ0n) is 18.9. The molecule has 2 rings (SSSR count). The molecule has 1 aromatic rings. The Labute approximate surface area is 190 Å². The van der Waals surface area contributed by atoms with Crippen molar-refractivity contribution in [2.75, 3.05) is 13.2 Å². The SMILES string of the molecule is CCCCCCCCCOc1ccc(C2NC(=O)NC(CC)=C2C(=O)OCC)cc1Cl. The molecule has 0 fully saturated rings. The highest BCUT2D eigenvalue weighted by molar-refractivity contribution is 6.32. The normalized spacial score (nSPS) is 16.0. The van der Waals surface area contributed by atoms with Crippen LogP contribution in [0.1, 0.15) is 83.7 Å². The molecule has 7 heteroatoms. The third-order valence-corrected chi connectivity index (χ3v) is 5.59. The zero-order chi connectivity index (χ0) is 22.6. The number of benzene rings is 1. The number of ether oxygens (including phenoxy) is 2. The summed E-state index contributed by atoms with van der Waals surface area (Å²) in [7, 11) is 0. The Kier molecular flexibility index (Phi) is 10.7. The van der Waals surface area contributed by atoms with Crippen LogP contribution in [0.25, 0.3) is 0 Å². The number of carbonyl (C=O) groups excluding carboxylic acids is 2. The molecule has 1 unspecified atom stereocenters. The van der Waals surface area contributed by atoms with E-state index in [0.29, 0.717) is 40.6 Å². The molecule has 31 heavy (non-hydrogen) atoms. The summed E-state index contributed by atoms with van der Waals surface area (Å²) >= 11 is 6.46. The number of nitrogens with one attached hydrogen (secondary N) is 2. The fourth-order valence-corrected chi connectivity index (χ4v) is 3.90. The van der Waals surface area contributed by atoms with Crippen LogP contribution in [-0.2, 0) is 9.53 Å². The third kappa shape index (κ3) is 7.46. The quantitative estimate of drug-likeness (QED) is 0.283. The standard InChI is InChI=1S/C24H35ClN2O4/c1-4-7-8-9-10-11-12-15-31-20-14-13-17(16-18(20)25)22-21(23(28)30-6-3)19(5-2)26-24(29)27-22/h13-14,16,22H,4-12,15H2,1-3H3,(H2,26,27,29). The summed E-state index contributed by atoms with van der Waals surface area (Å²) in [6.07, 6.45) is 9.03. The average molecular weight is 451 g/mol. The number of amides is 2. The second-order valence-electron chi connectivity index (χ2n) is 7.66. The molecule has 0 aromatic heterocycles. The van der Waals surface area contributed by atoms with Gasteiger partial charge < -0.3 is 20.1 Å². The predicted octanol–water partition coefficient (Wildman–Crippen LogP) is 6.05. The summed E-state index contributed by atoms with van der Waals surface area (Å²) in [6.45, 7) is 6.72. The highest BCUT2D eigenvalue weighted by Crippen LogP contribution is 2.33. The van der Waals surface area contributed by atoms with Crippen molar-refractivity contribution in [2.45, 2.75) is 78.2 Å². The van der Waals surface area contributed by atoms with E-state index in [0.717, 1.165) is 12.8 Å². The predicted molar refractivity (Wildman–Crippen MR) is 123 cm³/mol. The van der Waals surface area contributed by atoms with Crippen molar-refractivity contribution in [3.63, 3.8) is 0 Å². The van der Waals surface area contributed by atoms with Crippen molar-refractivity contribution in [1.82, 2.24) is 10.6 Å². The summed E-state index contributed by atoms with van der Waals surface area (Å²) in [5.41, 5.74) is 1.66. The lowest BCUT2D eigenvalue weighted by atomic mass is 9.94. The lowest BCUT2D eigenvalue weighted by molar-refractivity contribution is -0.139. The van der Waals surface area contributed by atoms with Crippen molar-refractivity contribution in [2.24, 2.45) is 0 Å². The molecule has 1 atom stereocenters. The Morgan fingerprint density at radius 2 is 1.77 bits per heavy atom. The van der Waals surface area contributed by atoms with Crippen LogP contribution in [0.2, 0.25) is 5.02 Å². The summed E-state index contributed by atoms with van der Waals surface area (Å²) in [4.78, 5) is 24.7. The fourth-order valence-electron chi connectivity index (χ4n) is 3.65. The van der Waals surface area contributed by atoms with E-state index in [2.05, 4.69) is 17.6 Å². The zero-order valence-corrected chi connectivity index (χ0v) is 19.6. The Hall–Kier alpha value is -2.21. The van der Waals surface area contributed by atoms with Crippen LogP contribution in [0.4, 0.5) is 4.79 Å². The van der Waals surface area contributed by atoms with E-state index in [4.69, 9.17) is 21.1 Å². The molecule has 0 aliphatic carbocycles. The minimum absolute atomic E-state index is 0.256. The van der Waals surface area contributed by atoms with E-state index in [1.165, 1.54) is 32.1 Å². The van der Waals surface area contributed by atoms with Crippen molar-refractivity contribution in [3.05, 3.63) is 40.1 Å². The lowest BCUT2D eigenvalue weighted by Gasteiger charge is -2.29. The second-order valence-corrected chi connectivity index (χ2v) is 8.06. The monoisotopic (exact) mass is 450 g/mol. The first kappa shape index (κ1) is 25.1. The number of hydrogen-bond acceptors (Lipinski definition) is 4. The van der Waals surface area contributed by atoms with Crippen molar-refractivity contribution >= 4 is 23.6 Å². The van der Waals surface area contributed by atoms with E-state index in [-0.39, 0.29) is 12.6 Å². The molecule has 6 nitrogen and oxygen atoms in total. The molecule has 1 aliphatic rings. The number of esters is 1. The number of rotatable bonds is 13. The Balaban J connectivity index is 2.03. The van der Waals surface area contributed by atoms with Gasteiger partial charge >= 0.3 is 12.0 Å².